The van der Waals surface area contributed by atoms with E-state index in [2.05, 4.69) is 0 Å². The largest absolute Gasteiger partial charge is 0.518 e. The lowest BCUT2D eigenvalue weighted by Crippen LogP contribution is -2.52. The summed E-state index contributed by atoms with van der Waals surface area (Å²) in [5.74, 6) is 2.10. The lowest BCUT2D eigenvalue weighted by molar-refractivity contribution is -0.137. The molecule has 0 aromatic heterocycles. The maximum Gasteiger partial charge on any atom is 0.518 e. The molecule has 0 bridgehead atoms. The van der Waals surface area contributed by atoms with Crippen molar-refractivity contribution in [1.29, 1.82) is 0 Å². The highest BCUT2D eigenvalue weighted by Gasteiger charge is 2.52. The van der Waals surface area contributed by atoms with Crippen molar-refractivity contribution in [3.05, 3.63) is 0 Å². The number of carbonyl (C=O) groups excluding carboxylic acids is 1. The van der Waals surface area contributed by atoms with Crippen molar-refractivity contribution in [1.82, 2.24) is 4.41 Å². The summed E-state index contributed by atoms with van der Waals surface area (Å²) >= 11 is 0. The van der Waals surface area contributed by atoms with Crippen LogP contribution >= 0.6 is 0 Å². The summed E-state index contributed by atoms with van der Waals surface area (Å²) in [6.45, 7) is 0.522. The second kappa shape index (κ2) is 7.49. The second-order valence-corrected chi connectivity index (χ2v) is 7.07. The molecule has 0 saturated carbocycles. The van der Waals surface area contributed by atoms with Crippen LogP contribution in [0.1, 0.15) is 0 Å². The molecule has 24 heavy (non-hydrogen) atoms. The highest BCUT2D eigenvalue weighted by Crippen LogP contribution is 2.26. The Morgan fingerprint density at radius 2 is 1.58 bits per heavy atom. The molecule has 2 aliphatic rings. The fourth-order valence-corrected chi connectivity index (χ4v) is 2.22. The molecule has 2 atom stereocenters. The number of halogens is 3. The summed E-state index contributed by atoms with van der Waals surface area (Å²) in [6.07, 6.45) is -0.260. The van der Waals surface area contributed by atoms with Gasteiger partial charge in [-0.3, -0.25) is 4.79 Å². The number of epoxide rings is 2. The molecule has 0 aromatic carbocycles. The first-order valence-corrected chi connectivity index (χ1v) is 8.35. The molecule has 2 N–H and O–H groups in total. The van der Waals surface area contributed by atoms with Crippen LogP contribution < -0.4 is 5.84 Å². The van der Waals surface area contributed by atoms with Gasteiger partial charge in [-0.2, -0.15) is 26.0 Å². The third kappa shape index (κ3) is 5.26. The normalized spacial score (nSPS) is 24.5. The van der Waals surface area contributed by atoms with Crippen molar-refractivity contribution >= 4 is 15.9 Å². The van der Waals surface area contributed by atoms with Crippen LogP contribution in [-0.4, -0.2) is 76.1 Å². The lowest BCUT2D eigenvalue weighted by Gasteiger charge is -2.23. The number of nitrogens with zero attached hydrogens (tertiary/aromatic N) is 1. The van der Waals surface area contributed by atoms with Crippen molar-refractivity contribution in [3.63, 3.8) is 0 Å². The molecule has 140 valence electrons. The van der Waals surface area contributed by atoms with E-state index < -0.39 is 31.8 Å². The van der Waals surface area contributed by atoms with Crippen molar-refractivity contribution in [2.75, 3.05) is 39.6 Å². The molecule has 0 radical (unpaired) electrons. The summed E-state index contributed by atoms with van der Waals surface area (Å²) in [5, 5.41) is 0. The molecular formula is C11H17F3N2O7S. The number of amides is 1. The molecule has 2 unspecified atom stereocenters. The molecule has 1 amide bonds. The highest BCUT2D eigenvalue weighted by atomic mass is 32.2. The van der Waals surface area contributed by atoms with Gasteiger partial charge in [-0.1, -0.05) is 0 Å². The van der Waals surface area contributed by atoms with Crippen LogP contribution in [0.15, 0.2) is 0 Å². The van der Waals surface area contributed by atoms with Crippen molar-refractivity contribution < 1.29 is 45.3 Å². The summed E-state index contributed by atoms with van der Waals surface area (Å²) in [6, 6.07) is 0. The molecule has 9 nitrogen and oxygen atoms in total. The molecule has 2 aliphatic heterocycles. The Morgan fingerprint density at radius 1 is 1.17 bits per heavy atom. The average molecular weight is 378 g/mol. The number of ether oxygens (including phenoxy) is 4. The smallest absolute Gasteiger partial charge is 0.378 e. The van der Waals surface area contributed by atoms with E-state index in [1.54, 1.807) is 0 Å². The SMILES string of the molecule is NN(C(=O)C(COCC1CO1)COCC1CO1)S(=O)(=O)C(F)(F)F. The van der Waals surface area contributed by atoms with E-state index in [4.69, 9.17) is 24.8 Å². The zero-order chi connectivity index (χ0) is 18.0. The number of hydrazine groups is 1. The second-order valence-electron chi connectivity index (χ2n) is 5.27. The number of hydrogen-bond donors (Lipinski definition) is 1. The molecule has 0 spiro atoms. The topological polar surface area (TPSA) is 124 Å². The van der Waals surface area contributed by atoms with Gasteiger partial charge in [0.15, 0.2) is 0 Å². The monoisotopic (exact) mass is 378 g/mol. The van der Waals surface area contributed by atoms with E-state index in [0.717, 1.165) is 0 Å². The van der Waals surface area contributed by atoms with Crippen LogP contribution in [0.3, 0.4) is 0 Å². The van der Waals surface area contributed by atoms with Gasteiger partial charge < -0.3 is 18.9 Å². The third-order valence-corrected chi connectivity index (χ3v) is 4.45. The quantitative estimate of drug-likeness (QED) is 0.222. The Balaban J connectivity index is 1.94. The van der Waals surface area contributed by atoms with Crippen LogP contribution in [0.5, 0.6) is 0 Å². The Kier molecular flexibility index (Phi) is 6.04. The summed E-state index contributed by atoms with van der Waals surface area (Å²) < 4.78 is 79.1. The van der Waals surface area contributed by atoms with Crippen molar-refractivity contribution in [2.45, 2.75) is 17.7 Å². The zero-order valence-electron chi connectivity index (χ0n) is 12.4. The fraction of sp³-hybridized carbons (Fsp3) is 0.909. The molecule has 2 rings (SSSR count). The summed E-state index contributed by atoms with van der Waals surface area (Å²) in [7, 11) is -5.98. The van der Waals surface area contributed by atoms with Gasteiger partial charge in [-0.15, -0.1) is 0 Å². The van der Waals surface area contributed by atoms with Crippen LogP contribution in [0, 0.1) is 5.92 Å². The van der Waals surface area contributed by atoms with Crippen LogP contribution in [-0.2, 0) is 33.8 Å². The van der Waals surface area contributed by atoms with Gasteiger partial charge in [0.1, 0.15) is 12.2 Å². The summed E-state index contributed by atoms with van der Waals surface area (Å²) in [5.41, 5.74) is -5.69. The van der Waals surface area contributed by atoms with Gasteiger partial charge in [0, 0.05) is 0 Å². The Hall–Kier alpha value is -0.990. The van der Waals surface area contributed by atoms with Gasteiger partial charge in [-0.05, 0) is 0 Å². The number of alkyl halides is 3. The van der Waals surface area contributed by atoms with E-state index in [9.17, 15) is 26.4 Å². The number of rotatable bonds is 10. The first-order valence-electron chi connectivity index (χ1n) is 6.91. The van der Waals surface area contributed by atoms with E-state index in [0.29, 0.717) is 13.2 Å². The van der Waals surface area contributed by atoms with E-state index >= 15 is 0 Å². The van der Waals surface area contributed by atoms with Crippen LogP contribution in [0.25, 0.3) is 0 Å². The molecule has 0 aromatic rings. The molecule has 0 aliphatic carbocycles. The average Bonchev–Trinajstić information content (AvgIpc) is 3.37. The van der Waals surface area contributed by atoms with Crippen LogP contribution in [0.2, 0.25) is 0 Å². The first kappa shape index (κ1) is 19.3. The number of hydrogen-bond acceptors (Lipinski definition) is 8. The molecule has 2 saturated heterocycles. The van der Waals surface area contributed by atoms with Gasteiger partial charge in [0.25, 0.3) is 5.91 Å². The Bertz CT molecular complexity index is 530. The van der Waals surface area contributed by atoms with E-state index in [-0.39, 0.29) is 38.6 Å². The number of sulfonamides is 1. The minimum Gasteiger partial charge on any atom is -0.378 e. The Labute approximate surface area is 135 Å². The molecule has 2 fully saturated rings. The molecular weight excluding hydrogens is 361 g/mol. The summed E-state index contributed by atoms with van der Waals surface area (Å²) in [4.78, 5) is 12.0. The molecule has 13 heteroatoms. The van der Waals surface area contributed by atoms with E-state index in [1.807, 2.05) is 0 Å². The van der Waals surface area contributed by atoms with Gasteiger partial charge in [0.2, 0.25) is 0 Å². The van der Waals surface area contributed by atoms with Gasteiger partial charge in [-0.25, -0.2) is 5.84 Å². The Morgan fingerprint density at radius 3 is 1.92 bits per heavy atom. The standard InChI is InChI=1S/C11H17F3N2O7S/c12-11(13,14)24(18,19)16(15)10(17)7(1-20-3-8-5-22-8)2-21-4-9-6-23-9/h7-9H,1-6,15H2. The first-order chi connectivity index (χ1) is 11.1. The predicted molar refractivity (Wildman–Crippen MR) is 70.6 cm³/mol. The minimum atomic E-state index is -5.98. The predicted octanol–water partition coefficient (Wildman–Crippen LogP) is -1.01. The lowest BCUT2D eigenvalue weighted by atomic mass is 10.1. The minimum absolute atomic E-state index is 0.130. The van der Waals surface area contributed by atoms with E-state index in [1.165, 1.54) is 0 Å². The van der Waals surface area contributed by atoms with Crippen molar-refractivity contribution in [3.8, 4) is 0 Å². The van der Waals surface area contributed by atoms with Gasteiger partial charge >= 0.3 is 15.5 Å². The highest BCUT2D eigenvalue weighted by molar-refractivity contribution is 7.90. The maximum absolute atomic E-state index is 12.5. The number of nitrogens with two attached hydrogens (primary N) is 1. The fourth-order valence-electron chi connectivity index (χ4n) is 1.61. The third-order valence-electron chi connectivity index (χ3n) is 3.17. The van der Waals surface area contributed by atoms with Crippen LogP contribution in [0.4, 0.5) is 13.2 Å². The van der Waals surface area contributed by atoms with Crippen molar-refractivity contribution in [2.24, 2.45) is 11.8 Å². The number of carbonyl (C=O) groups is 1. The van der Waals surface area contributed by atoms with Gasteiger partial charge in [0.05, 0.1) is 45.6 Å². The maximum atomic E-state index is 12.5. The zero-order valence-corrected chi connectivity index (χ0v) is 13.2. The molecule has 2 heterocycles.